The van der Waals surface area contributed by atoms with Crippen molar-refractivity contribution in [3.8, 4) is 6.07 Å². The first-order valence-corrected chi connectivity index (χ1v) is 15.7. The van der Waals surface area contributed by atoms with Gasteiger partial charge in [0.05, 0.1) is 12.6 Å². The molecule has 3 heterocycles. The van der Waals surface area contributed by atoms with Crippen LogP contribution in [0.5, 0.6) is 0 Å². The van der Waals surface area contributed by atoms with Crippen molar-refractivity contribution in [1.82, 2.24) is 20.2 Å². The summed E-state index contributed by atoms with van der Waals surface area (Å²) in [6, 6.07) is 5.45. The molecule has 0 bridgehead atoms. The molecule has 2 aliphatic rings. The maximum atomic E-state index is 13.6. The zero-order valence-electron chi connectivity index (χ0n) is 25.8. The number of nitriles is 1. The number of anilines is 1. The van der Waals surface area contributed by atoms with E-state index in [0.29, 0.717) is 39.2 Å². The zero-order chi connectivity index (χ0) is 33.0. The predicted octanol–water partition coefficient (Wildman–Crippen LogP) is 7.33. The van der Waals surface area contributed by atoms with Crippen molar-refractivity contribution in [3.63, 3.8) is 0 Å². The Kier molecular flexibility index (Phi) is 11.2. The van der Waals surface area contributed by atoms with Crippen LogP contribution < -0.4 is 10.6 Å². The van der Waals surface area contributed by atoms with Crippen LogP contribution in [0, 0.1) is 34.5 Å². The highest BCUT2D eigenvalue weighted by atomic mass is 35.5. The standard InChI is InChI=1S/C25H22ClF3N6O2S.C4H10.C2H6/c1-24(2)14-10-35(18(36)9-32-17-11-38-23(34-17)25(27,28)29)21(20(14)24)22(37)33-16(6-30)13-8-31-7-12-4-3-5-15(26)19(12)13;1-4(2)3;1-2/h3-5,7-8,11,14,16,20-21,32H,9-10H2,1-2H3,(H,33,37);4H,1-3H3;1-2H3/t14?,16?,20-,21-;;/m0../s1. The summed E-state index contributed by atoms with van der Waals surface area (Å²) in [5.41, 5.74) is 0.270. The number of rotatable bonds is 6. The van der Waals surface area contributed by atoms with E-state index in [0.717, 1.165) is 5.92 Å². The van der Waals surface area contributed by atoms with E-state index in [1.807, 2.05) is 27.7 Å². The molecule has 1 saturated carbocycles. The molecule has 1 aromatic carbocycles. The number of carbonyl (C=O) groups is 2. The lowest BCUT2D eigenvalue weighted by molar-refractivity contribution is -0.139. The second-order valence-electron chi connectivity index (χ2n) is 11.7. The van der Waals surface area contributed by atoms with E-state index in [-0.39, 0.29) is 29.6 Å². The molecule has 1 aliphatic heterocycles. The van der Waals surface area contributed by atoms with Gasteiger partial charge in [-0.1, -0.05) is 72.2 Å². The fraction of sp³-hybridized carbons (Fsp3) is 0.516. The third-order valence-corrected chi connectivity index (χ3v) is 8.66. The van der Waals surface area contributed by atoms with Gasteiger partial charge >= 0.3 is 6.18 Å². The molecule has 5 rings (SSSR count). The summed E-state index contributed by atoms with van der Waals surface area (Å²) in [7, 11) is 0. The van der Waals surface area contributed by atoms with Crippen LogP contribution in [0.3, 0.4) is 0 Å². The number of hydrogen-bond acceptors (Lipinski definition) is 7. The van der Waals surface area contributed by atoms with Gasteiger partial charge in [-0.2, -0.15) is 18.4 Å². The molecule has 2 amide bonds. The summed E-state index contributed by atoms with van der Waals surface area (Å²) < 4.78 is 38.5. The molecule has 4 atom stereocenters. The van der Waals surface area contributed by atoms with Crippen LogP contribution in [0.1, 0.15) is 65.1 Å². The molecule has 2 aromatic heterocycles. The van der Waals surface area contributed by atoms with Crippen LogP contribution in [0.15, 0.2) is 36.0 Å². The van der Waals surface area contributed by atoms with E-state index in [2.05, 4.69) is 47.4 Å². The highest BCUT2D eigenvalue weighted by Crippen LogP contribution is 2.64. The van der Waals surface area contributed by atoms with Gasteiger partial charge in [-0.05, 0) is 29.2 Å². The topological polar surface area (TPSA) is 111 Å². The van der Waals surface area contributed by atoms with Crippen molar-refractivity contribution in [1.29, 1.82) is 5.26 Å². The molecule has 0 radical (unpaired) electrons. The Labute approximate surface area is 265 Å². The number of nitrogens with one attached hydrogen (secondary N) is 2. The van der Waals surface area contributed by atoms with E-state index in [9.17, 15) is 28.0 Å². The predicted molar refractivity (Wildman–Crippen MR) is 167 cm³/mol. The number of thiazole rings is 1. The molecule has 2 unspecified atom stereocenters. The normalized spacial score (nSPS) is 20.3. The minimum absolute atomic E-state index is 0.0637. The van der Waals surface area contributed by atoms with E-state index in [1.165, 1.54) is 16.5 Å². The van der Waals surface area contributed by atoms with Gasteiger partial charge in [0.15, 0.2) is 5.01 Å². The third kappa shape index (κ3) is 7.61. The van der Waals surface area contributed by atoms with Gasteiger partial charge < -0.3 is 15.5 Å². The number of pyridine rings is 1. The van der Waals surface area contributed by atoms with Gasteiger partial charge in [-0.3, -0.25) is 14.6 Å². The fourth-order valence-corrected chi connectivity index (χ4v) is 6.37. The molecule has 2 fully saturated rings. The number of alkyl halides is 3. The number of amides is 2. The summed E-state index contributed by atoms with van der Waals surface area (Å²) in [5.74, 6) is -0.187. The number of halogens is 4. The van der Waals surface area contributed by atoms with Gasteiger partial charge in [0.2, 0.25) is 11.8 Å². The molecule has 1 aliphatic carbocycles. The van der Waals surface area contributed by atoms with Gasteiger partial charge in [-0.15, -0.1) is 11.3 Å². The van der Waals surface area contributed by atoms with Crippen LogP contribution >= 0.6 is 22.9 Å². The highest BCUT2D eigenvalue weighted by molar-refractivity contribution is 7.10. The number of aromatic nitrogens is 2. The van der Waals surface area contributed by atoms with Crippen molar-refractivity contribution in [2.24, 2.45) is 23.2 Å². The number of hydrogen-bond donors (Lipinski definition) is 2. The van der Waals surface area contributed by atoms with E-state index < -0.39 is 35.1 Å². The second kappa shape index (κ2) is 14.1. The third-order valence-electron chi connectivity index (χ3n) is 7.45. The lowest BCUT2D eigenvalue weighted by Crippen LogP contribution is -2.51. The summed E-state index contributed by atoms with van der Waals surface area (Å²) >= 11 is 6.82. The van der Waals surface area contributed by atoms with Crippen molar-refractivity contribution < 1.29 is 22.8 Å². The minimum Gasteiger partial charge on any atom is -0.360 e. The van der Waals surface area contributed by atoms with Crippen molar-refractivity contribution in [2.45, 2.75) is 66.7 Å². The number of benzene rings is 1. The number of nitrogens with zero attached hydrogens (tertiary/aromatic N) is 4. The number of fused-ring (bicyclic) bond motifs is 2. The van der Waals surface area contributed by atoms with E-state index in [4.69, 9.17) is 11.6 Å². The van der Waals surface area contributed by atoms with Crippen LogP contribution in [0.2, 0.25) is 5.02 Å². The monoisotopic (exact) mass is 650 g/mol. The maximum Gasteiger partial charge on any atom is 0.443 e. The van der Waals surface area contributed by atoms with Crippen molar-refractivity contribution in [2.75, 3.05) is 18.4 Å². The summed E-state index contributed by atoms with van der Waals surface area (Å²) in [5, 5.41) is 17.2. The molecule has 44 heavy (non-hydrogen) atoms. The molecular weight excluding hydrogens is 613 g/mol. The molecular formula is C31H38ClF3N6O2S. The number of piperidine rings is 1. The Bertz CT molecular complexity index is 1510. The van der Waals surface area contributed by atoms with Gasteiger partial charge in [-0.25, -0.2) is 4.98 Å². The largest absolute Gasteiger partial charge is 0.443 e. The summed E-state index contributed by atoms with van der Waals surface area (Å²) in [6.07, 6.45) is -1.47. The first kappa shape index (κ1) is 35.1. The average Bonchev–Trinajstić information content (AvgIpc) is 3.37. The Morgan fingerprint density at radius 2 is 1.89 bits per heavy atom. The van der Waals surface area contributed by atoms with Crippen LogP contribution in [0.4, 0.5) is 19.0 Å². The van der Waals surface area contributed by atoms with Crippen molar-refractivity contribution >= 4 is 51.3 Å². The smallest absolute Gasteiger partial charge is 0.360 e. The molecule has 3 aromatic rings. The van der Waals surface area contributed by atoms with E-state index >= 15 is 0 Å². The summed E-state index contributed by atoms with van der Waals surface area (Å²) in [6.45, 7) is 14.6. The Morgan fingerprint density at radius 1 is 1.23 bits per heavy atom. The highest BCUT2D eigenvalue weighted by Gasteiger charge is 2.69. The Morgan fingerprint density at radius 3 is 2.48 bits per heavy atom. The SMILES string of the molecule is CC.CC(C)C.CC1(C)C2CN(C(=O)CNc3csc(C(F)(F)F)n3)[C@H](C(=O)NC(C#N)c3cncc4cccc(Cl)c34)[C@H]21. The van der Waals surface area contributed by atoms with E-state index in [1.54, 1.807) is 24.4 Å². The average molecular weight is 651 g/mol. The fourth-order valence-electron chi connectivity index (χ4n) is 5.44. The van der Waals surface area contributed by atoms with Crippen LogP contribution in [0.25, 0.3) is 10.8 Å². The molecule has 0 spiro atoms. The summed E-state index contributed by atoms with van der Waals surface area (Å²) in [4.78, 5) is 35.8. The first-order valence-electron chi connectivity index (χ1n) is 14.4. The number of carbonyl (C=O) groups excluding carboxylic acids is 2. The van der Waals surface area contributed by atoms with Crippen LogP contribution in [-0.4, -0.2) is 45.8 Å². The second-order valence-corrected chi connectivity index (χ2v) is 13.0. The zero-order valence-corrected chi connectivity index (χ0v) is 27.4. The lowest BCUT2D eigenvalue weighted by atomic mass is 9.98. The van der Waals surface area contributed by atoms with Crippen molar-refractivity contribution in [3.05, 3.63) is 51.6 Å². The molecule has 13 heteroatoms. The Balaban J connectivity index is 0.000000816. The molecule has 238 valence electrons. The quantitative estimate of drug-likeness (QED) is 0.289. The van der Waals surface area contributed by atoms with Gasteiger partial charge in [0, 0.05) is 45.7 Å². The lowest BCUT2D eigenvalue weighted by Gasteiger charge is -2.31. The Hall–Kier alpha value is -3.43. The first-order chi connectivity index (χ1) is 20.7. The molecule has 2 N–H and O–H groups in total. The number of likely N-dealkylation sites (tertiary alicyclic amines) is 1. The molecule has 1 saturated heterocycles. The van der Waals surface area contributed by atoms with Gasteiger partial charge in [0.25, 0.3) is 0 Å². The maximum absolute atomic E-state index is 13.6. The van der Waals surface area contributed by atoms with Crippen LogP contribution in [-0.2, 0) is 15.8 Å². The molecule has 8 nitrogen and oxygen atoms in total. The van der Waals surface area contributed by atoms with Gasteiger partial charge in [0.1, 0.15) is 17.9 Å². The minimum atomic E-state index is -4.57.